The van der Waals surface area contributed by atoms with Gasteiger partial charge in [0.1, 0.15) is 24.3 Å². The van der Waals surface area contributed by atoms with Crippen LogP contribution in [0.15, 0.2) is 48.8 Å². The number of hydrogen-bond acceptors (Lipinski definition) is 4. The predicted octanol–water partition coefficient (Wildman–Crippen LogP) is 1.84. The average molecular weight is 315 g/mol. The molecule has 23 heavy (non-hydrogen) atoms. The molecule has 1 aromatic carbocycles. The van der Waals surface area contributed by atoms with E-state index < -0.39 is 6.10 Å². The van der Waals surface area contributed by atoms with Crippen LogP contribution in [0.5, 0.6) is 5.75 Å². The molecule has 0 aliphatic rings. The lowest BCUT2D eigenvalue weighted by Crippen LogP contribution is -2.29. The van der Waals surface area contributed by atoms with E-state index >= 15 is 0 Å². The van der Waals surface area contributed by atoms with Crippen molar-refractivity contribution < 1.29 is 14.6 Å². The maximum Gasteiger partial charge on any atom is 0.251 e. The maximum absolute atomic E-state index is 12.2. The summed E-state index contributed by atoms with van der Waals surface area (Å²) in [5.74, 6) is 0.827. The Hall–Kier alpha value is -2.60. The molecule has 2 aromatic rings. The summed E-state index contributed by atoms with van der Waals surface area (Å²) in [6.07, 6.45) is 2.48. The van der Waals surface area contributed by atoms with E-state index in [1.165, 1.54) is 0 Å². The minimum Gasteiger partial charge on any atom is -0.489 e. The molecular formula is C17H21N3O3. The van der Waals surface area contributed by atoms with Gasteiger partial charge in [-0.05, 0) is 30.7 Å². The van der Waals surface area contributed by atoms with Crippen molar-refractivity contribution in [1.29, 1.82) is 0 Å². The summed E-state index contributed by atoms with van der Waals surface area (Å²) in [5, 5.41) is 12.7. The van der Waals surface area contributed by atoms with E-state index in [2.05, 4.69) is 16.9 Å². The minimum absolute atomic E-state index is 0.0839. The molecule has 0 saturated heterocycles. The third-order valence-electron chi connectivity index (χ3n) is 3.19. The maximum atomic E-state index is 12.2. The zero-order valence-electron chi connectivity index (χ0n) is 13.3. The number of imidazole rings is 1. The molecule has 0 spiro atoms. The molecule has 0 radical (unpaired) electrons. The van der Waals surface area contributed by atoms with Crippen molar-refractivity contribution in [3.63, 3.8) is 0 Å². The van der Waals surface area contributed by atoms with E-state index in [0.29, 0.717) is 23.7 Å². The minimum atomic E-state index is -0.859. The van der Waals surface area contributed by atoms with Gasteiger partial charge in [-0.2, -0.15) is 0 Å². The Morgan fingerprint density at radius 1 is 1.52 bits per heavy atom. The number of nitrogens with zero attached hydrogens (tertiary/aromatic N) is 2. The number of aryl methyl sites for hydroxylation is 1. The SMILES string of the molecule is C=C(C)COc1cccc(C(=O)NC[C@@H](O)c2nccn2C)c1. The number of carbonyl (C=O) groups excluding carboxylic acids is 1. The van der Waals surface area contributed by atoms with E-state index in [1.54, 1.807) is 48.3 Å². The van der Waals surface area contributed by atoms with E-state index in [0.717, 1.165) is 5.57 Å². The first-order valence-electron chi connectivity index (χ1n) is 7.28. The third kappa shape index (κ3) is 4.69. The molecule has 0 saturated carbocycles. The lowest BCUT2D eigenvalue weighted by molar-refractivity contribution is 0.0909. The fourth-order valence-corrected chi connectivity index (χ4v) is 2.01. The number of benzene rings is 1. The molecule has 2 N–H and O–H groups in total. The van der Waals surface area contributed by atoms with Crippen LogP contribution in [0.25, 0.3) is 0 Å². The standard InChI is InChI=1S/C17H21N3O3/c1-12(2)11-23-14-6-4-5-13(9-14)17(22)19-10-15(21)16-18-7-8-20(16)3/h4-9,15,21H,1,10-11H2,2-3H3,(H,19,22)/t15-/m1/s1. The van der Waals surface area contributed by atoms with Crippen LogP contribution in [0.2, 0.25) is 0 Å². The van der Waals surface area contributed by atoms with Gasteiger partial charge < -0.3 is 19.7 Å². The monoisotopic (exact) mass is 315 g/mol. The second-order valence-electron chi connectivity index (χ2n) is 5.40. The van der Waals surface area contributed by atoms with Crippen molar-refractivity contribution in [3.8, 4) is 5.75 Å². The molecule has 6 nitrogen and oxygen atoms in total. The number of nitrogens with one attached hydrogen (secondary N) is 1. The van der Waals surface area contributed by atoms with Gasteiger partial charge in [0, 0.05) is 25.0 Å². The van der Waals surface area contributed by atoms with Crippen molar-refractivity contribution in [2.45, 2.75) is 13.0 Å². The molecule has 1 heterocycles. The summed E-state index contributed by atoms with van der Waals surface area (Å²) < 4.78 is 7.23. The van der Waals surface area contributed by atoms with E-state index in [1.807, 2.05) is 6.92 Å². The van der Waals surface area contributed by atoms with Crippen LogP contribution in [0.1, 0.15) is 29.2 Å². The summed E-state index contributed by atoms with van der Waals surface area (Å²) >= 11 is 0. The highest BCUT2D eigenvalue weighted by atomic mass is 16.5. The highest BCUT2D eigenvalue weighted by molar-refractivity contribution is 5.94. The number of ether oxygens (including phenoxy) is 1. The second kappa shape index (κ2) is 7.60. The fourth-order valence-electron chi connectivity index (χ4n) is 2.01. The molecule has 122 valence electrons. The molecule has 0 aliphatic heterocycles. The number of carbonyl (C=O) groups is 1. The van der Waals surface area contributed by atoms with Gasteiger partial charge in [-0.15, -0.1) is 0 Å². The Labute approximate surface area is 135 Å². The quantitative estimate of drug-likeness (QED) is 0.764. The molecule has 0 unspecified atom stereocenters. The smallest absolute Gasteiger partial charge is 0.251 e. The largest absolute Gasteiger partial charge is 0.489 e. The second-order valence-corrected chi connectivity index (χ2v) is 5.40. The molecule has 6 heteroatoms. The number of rotatable bonds is 7. The molecule has 0 aliphatic carbocycles. The van der Waals surface area contributed by atoms with E-state index in [9.17, 15) is 9.90 Å². The van der Waals surface area contributed by atoms with Gasteiger partial charge >= 0.3 is 0 Å². The highest BCUT2D eigenvalue weighted by Crippen LogP contribution is 2.14. The number of amides is 1. The predicted molar refractivity (Wildman–Crippen MR) is 87.3 cm³/mol. The van der Waals surface area contributed by atoms with Crippen molar-refractivity contribution in [1.82, 2.24) is 14.9 Å². The number of hydrogen-bond donors (Lipinski definition) is 2. The summed E-state index contributed by atoms with van der Waals surface area (Å²) in [4.78, 5) is 16.2. The Kier molecular flexibility index (Phi) is 5.54. The van der Waals surface area contributed by atoms with Crippen molar-refractivity contribution >= 4 is 5.91 Å². The number of aliphatic hydroxyl groups is 1. The van der Waals surface area contributed by atoms with E-state index in [-0.39, 0.29) is 12.5 Å². The first-order valence-corrected chi connectivity index (χ1v) is 7.28. The molecular weight excluding hydrogens is 294 g/mol. The van der Waals surface area contributed by atoms with E-state index in [4.69, 9.17) is 4.74 Å². The topological polar surface area (TPSA) is 76.4 Å². The molecule has 1 amide bonds. The molecule has 1 atom stereocenters. The van der Waals surface area contributed by atoms with Gasteiger partial charge in [-0.1, -0.05) is 12.6 Å². The number of aromatic nitrogens is 2. The Balaban J connectivity index is 1.94. The molecule has 2 rings (SSSR count). The first-order chi connectivity index (χ1) is 11.0. The van der Waals surface area contributed by atoms with Crippen LogP contribution in [0.3, 0.4) is 0 Å². The van der Waals surface area contributed by atoms with Gasteiger partial charge in [0.15, 0.2) is 0 Å². The van der Waals surface area contributed by atoms with Crippen molar-refractivity contribution in [2.24, 2.45) is 7.05 Å². The van der Waals surface area contributed by atoms with Gasteiger partial charge in [0.25, 0.3) is 5.91 Å². The number of aliphatic hydroxyl groups excluding tert-OH is 1. The Morgan fingerprint density at radius 3 is 2.96 bits per heavy atom. The van der Waals surface area contributed by atoms with Gasteiger partial charge in [0.05, 0.1) is 6.54 Å². The summed E-state index contributed by atoms with van der Waals surface area (Å²) in [6.45, 7) is 6.13. The van der Waals surface area contributed by atoms with Crippen LogP contribution in [0.4, 0.5) is 0 Å². The normalized spacial score (nSPS) is 11.8. The van der Waals surface area contributed by atoms with Crippen molar-refractivity contribution in [3.05, 3.63) is 60.2 Å². The zero-order valence-corrected chi connectivity index (χ0v) is 13.3. The first kappa shape index (κ1) is 16.8. The molecule has 0 bridgehead atoms. The third-order valence-corrected chi connectivity index (χ3v) is 3.19. The van der Waals surface area contributed by atoms with Gasteiger partial charge in [-0.3, -0.25) is 4.79 Å². The van der Waals surface area contributed by atoms with Crippen LogP contribution in [-0.2, 0) is 7.05 Å². The van der Waals surface area contributed by atoms with Crippen LogP contribution >= 0.6 is 0 Å². The summed E-state index contributed by atoms with van der Waals surface area (Å²) in [5.41, 5.74) is 1.37. The van der Waals surface area contributed by atoms with Crippen molar-refractivity contribution in [2.75, 3.05) is 13.2 Å². The summed E-state index contributed by atoms with van der Waals surface area (Å²) in [7, 11) is 1.79. The van der Waals surface area contributed by atoms with Crippen LogP contribution in [-0.4, -0.2) is 33.7 Å². The van der Waals surface area contributed by atoms with Crippen LogP contribution in [0, 0.1) is 0 Å². The van der Waals surface area contributed by atoms with Crippen LogP contribution < -0.4 is 10.1 Å². The van der Waals surface area contributed by atoms with Gasteiger partial charge in [-0.25, -0.2) is 4.98 Å². The van der Waals surface area contributed by atoms with Gasteiger partial charge in [0.2, 0.25) is 0 Å². The highest BCUT2D eigenvalue weighted by Gasteiger charge is 2.14. The average Bonchev–Trinajstić information content (AvgIpc) is 2.96. The molecule has 1 aromatic heterocycles. The summed E-state index contributed by atoms with van der Waals surface area (Å²) in [6, 6.07) is 6.88. The fraction of sp³-hybridized carbons (Fsp3) is 0.294. The molecule has 0 fully saturated rings. The lowest BCUT2D eigenvalue weighted by atomic mass is 10.2. The Bertz CT molecular complexity index is 694. The zero-order chi connectivity index (χ0) is 16.8. The lowest BCUT2D eigenvalue weighted by Gasteiger charge is -2.12. The Morgan fingerprint density at radius 2 is 2.30 bits per heavy atom.